The van der Waals surface area contributed by atoms with Gasteiger partial charge in [0.1, 0.15) is 0 Å². The molecule has 1 N–H and O–H groups in total. The highest BCUT2D eigenvalue weighted by atomic mass is 79.9. The first-order valence-corrected chi connectivity index (χ1v) is 9.96. The van der Waals surface area contributed by atoms with Crippen molar-refractivity contribution >= 4 is 27.5 Å². The number of carbonyl (C=O) groups is 1. The summed E-state index contributed by atoms with van der Waals surface area (Å²) >= 11 is 3.40. The molecule has 2 aromatic rings. The van der Waals surface area contributed by atoms with Gasteiger partial charge in [-0.15, -0.1) is 0 Å². The quantitative estimate of drug-likeness (QED) is 0.441. The zero-order chi connectivity index (χ0) is 20.5. The van der Waals surface area contributed by atoms with Gasteiger partial charge >= 0.3 is 0 Å². The van der Waals surface area contributed by atoms with Crippen molar-refractivity contribution < 1.29 is 19.0 Å². The molecule has 0 aliphatic heterocycles. The van der Waals surface area contributed by atoms with Gasteiger partial charge in [0.15, 0.2) is 11.5 Å². The number of hydrogen-bond donors (Lipinski definition) is 1. The molecule has 150 valence electrons. The third-order valence-electron chi connectivity index (χ3n) is 3.76. The summed E-state index contributed by atoms with van der Waals surface area (Å²) in [7, 11) is 0. The normalized spacial score (nSPS) is 11.1. The summed E-state index contributed by atoms with van der Waals surface area (Å²) in [5, 5.41) is 4.20. The molecule has 0 bridgehead atoms. The van der Waals surface area contributed by atoms with Crippen LogP contribution in [0.5, 0.6) is 17.2 Å². The van der Waals surface area contributed by atoms with Crippen molar-refractivity contribution in [2.75, 3.05) is 19.8 Å². The van der Waals surface area contributed by atoms with Crippen LogP contribution in [0.1, 0.15) is 43.6 Å². The Bertz CT molecular complexity index is 808. The van der Waals surface area contributed by atoms with Crippen LogP contribution in [-0.4, -0.2) is 31.4 Å². The summed E-state index contributed by atoms with van der Waals surface area (Å²) in [6.07, 6.45) is 0. The van der Waals surface area contributed by atoms with Gasteiger partial charge in [0.2, 0.25) is 5.75 Å². The molecule has 0 unspecified atom stereocenters. The van der Waals surface area contributed by atoms with Crippen molar-refractivity contribution in [2.45, 2.75) is 27.7 Å². The van der Waals surface area contributed by atoms with Gasteiger partial charge in [-0.2, -0.15) is 5.10 Å². The standard InChI is InChI=1S/C21H25BrN2O4/c1-5-26-18-12-16(13-19(27-6-2)20(18)28-7-3)21(25)24-23-14(4)15-8-10-17(22)11-9-15/h8-13H,5-7H2,1-4H3,(H,24,25)/b23-14+. The predicted octanol–water partition coefficient (Wildman–Crippen LogP) is 4.80. The molecule has 0 saturated carbocycles. The smallest absolute Gasteiger partial charge is 0.271 e. The van der Waals surface area contributed by atoms with Crippen molar-refractivity contribution in [3.63, 3.8) is 0 Å². The van der Waals surface area contributed by atoms with E-state index in [1.165, 1.54) is 0 Å². The van der Waals surface area contributed by atoms with Crippen LogP contribution in [0.25, 0.3) is 0 Å². The number of halogens is 1. The van der Waals surface area contributed by atoms with Crippen LogP contribution in [0.15, 0.2) is 46.0 Å². The van der Waals surface area contributed by atoms with Crippen LogP contribution in [0.2, 0.25) is 0 Å². The topological polar surface area (TPSA) is 69.2 Å². The number of amides is 1. The molecule has 2 aromatic carbocycles. The number of rotatable bonds is 9. The van der Waals surface area contributed by atoms with Crippen LogP contribution < -0.4 is 19.6 Å². The molecule has 0 atom stereocenters. The van der Waals surface area contributed by atoms with E-state index in [4.69, 9.17) is 14.2 Å². The highest BCUT2D eigenvalue weighted by molar-refractivity contribution is 9.10. The Kier molecular flexibility index (Phi) is 8.32. The Balaban J connectivity index is 2.28. The van der Waals surface area contributed by atoms with Crippen molar-refractivity contribution in [2.24, 2.45) is 5.10 Å². The zero-order valence-corrected chi connectivity index (χ0v) is 18.1. The molecule has 0 aliphatic carbocycles. The molecular weight excluding hydrogens is 424 g/mol. The molecule has 0 aliphatic rings. The lowest BCUT2D eigenvalue weighted by Crippen LogP contribution is -2.20. The first kappa shape index (κ1) is 21.8. The molecule has 0 spiro atoms. The summed E-state index contributed by atoms with van der Waals surface area (Å²) in [6, 6.07) is 11.0. The van der Waals surface area contributed by atoms with Gasteiger partial charge in [0.05, 0.1) is 25.5 Å². The fourth-order valence-corrected chi connectivity index (χ4v) is 2.74. The van der Waals surface area contributed by atoms with Gasteiger partial charge in [0, 0.05) is 10.0 Å². The maximum atomic E-state index is 12.6. The summed E-state index contributed by atoms with van der Waals surface area (Å²) in [4.78, 5) is 12.6. The molecule has 0 heterocycles. The second-order valence-corrected chi connectivity index (χ2v) is 6.66. The number of ether oxygens (including phenoxy) is 3. The SMILES string of the molecule is CCOc1cc(C(=O)N/N=C(\C)c2ccc(Br)cc2)cc(OCC)c1OCC. The molecule has 28 heavy (non-hydrogen) atoms. The first-order valence-electron chi connectivity index (χ1n) is 9.17. The first-order chi connectivity index (χ1) is 13.5. The number of benzene rings is 2. The average molecular weight is 449 g/mol. The van der Waals surface area contributed by atoms with E-state index in [2.05, 4.69) is 26.5 Å². The van der Waals surface area contributed by atoms with E-state index in [-0.39, 0.29) is 5.91 Å². The van der Waals surface area contributed by atoms with Gasteiger partial charge in [-0.1, -0.05) is 28.1 Å². The number of nitrogens with zero attached hydrogens (tertiary/aromatic N) is 1. The third-order valence-corrected chi connectivity index (χ3v) is 4.29. The third kappa shape index (κ3) is 5.73. The average Bonchev–Trinajstić information content (AvgIpc) is 2.69. The Morgan fingerprint density at radius 2 is 1.46 bits per heavy atom. The van der Waals surface area contributed by atoms with E-state index in [9.17, 15) is 4.79 Å². The van der Waals surface area contributed by atoms with Crippen LogP contribution in [0.3, 0.4) is 0 Å². The van der Waals surface area contributed by atoms with Crippen molar-refractivity contribution in [3.05, 3.63) is 52.0 Å². The van der Waals surface area contributed by atoms with Crippen molar-refractivity contribution in [1.29, 1.82) is 0 Å². The number of nitrogens with one attached hydrogen (secondary N) is 1. The van der Waals surface area contributed by atoms with Gasteiger partial charge in [-0.25, -0.2) is 5.43 Å². The summed E-state index contributed by atoms with van der Waals surface area (Å²) in [6.45, 7) is 8.80. The monoisotopic (exact) mass is 448 g/mol. The maximum Gasteiger partial charge on any atom is 0.271 e. The van der Waals surface area contributed by atoms with E-state index in [0.717, 1.165) is 10.0 Å². The highest BCUT2D eigenvalue weighted by Crippen LogP contribution is 2.39. The summed E-state index contributed by atoms with van der Waals surface area (Å²) in [5.41, 5.74) is 4.58. The lowest BCUT2D eigenvalue weighted by Gasteiger charge is -2.16. The predicted molar refractivity (Wildman–Crippen MR) is 114 cm³/mol. The van der Waals surface area contributed by atoms with Gasteiger partial charge in [-0.3, -0.25) is 4.79 Å². The summed E-state index contributed by atoms with van der Waals surface area (Å²) in [5.74, 6) is 1.07. The highest BCUT2D eigenvalue weighted by Gasteiger charge is 2.18. The Morgan fingerprint density at radius 1 is 0.929 bits per heavy atom. The lowest BCUT2D eigenvalue weighted by molar-refractivity contribution is 0.0953. The van der Waals surface area contributed by atoms with Crippen molar-refractivity contribution in [1.82, 2.24) is 5.43 Å². The molecule has 0 saturated heterocycles. The van der Waals surface area contributed by atoms with Gasteiger partial charge < -0.3 is 14.2 Å². The van der Waals surface area contributed by atoms with Gasteiger partial charge in [0.25, 0.3) is 5.91 Å². The molecule has 0 radical (unpaired) electrons. The van der Waals surface area contributed by atoms with E-state index in [1.54, 1.807) is 12.1 Å². The van der Waals surface area contributed by atoms with Crippen LogP contribution in [-0.2, 0) is 0 Å². The minimum absolute atomic E-state index is 0.360. The number of hydrogen-bond acceptors (Lipinski definition) is 5. The Labute approximate surface area is 174 Å². The largest absolute Gasteiger partial charge is 0.490 e. The fraction of sp³-hybridized carbons (Fsp3) is 0.333. The molecule has 0 fully saturated rings. The summed E-state index contributed by atoms with van der Waals surface area (Å²) < 4.78 is 17.9. The number of hydrazone groups is 1. The second-order valence-electron chi connectivity index (χ2n) is 5.75. The molecule has 6 nitrogen and oxygen atoms in total. The maximum absolute atomic E-state index is 12.6. The van der Waals surface area contributed by atoms with E-state index in [0.29, 0.717) is 48.3 Å². The van der Waals surface area contributed by atoms with E-state index in [1.807, 2.05) is 52.0 Å². The molecule has 2 rings (SSSR count). The van der Waals surface area contributed by atoms with Gasteiger partial charge in [-0.05, 0) is 57.5 Å². The fourth-order valence-electron chi connectivity index (χ4n) is 2.47. The minimum atomic E-state index is -0.360. The van der Waals surface area contributed by atoms with E-state index >= 15 is 0 Å². The minimum Gasteiger partial charge on any atom is -0.490 e. The Hall–Kier alpha value is -2.54. The number of carbonyl (C=O) groups excluding carboxylic acids is 1. The van der Waals surface area contributed by atoms with E-state index < -0.39 is 0 Å². The molecule has 0 aromatic heterocycles. The van der Waals surface area contributed by atoms with Crippen LogP contribution >= 0.6 is 15.9 Å². The second kappa shape index (κ2) is 10.7. The zero-order valence-electron chi connectivity index (χ0n) is 16.5. The molecule has 1 amide bonds. The van der Waals surface area contributed by atoms with Crippen LogP contribution in [0, 0.1) is 0 Å². The molecule has 7 heteroatoms. The van der Waals surface area contributed by atoms with Crippen molar-refractivity contribution in [3.8, 4) is 17.2 Å². The molecular formula is C21H25BrN2O4. The Morgan fingerprint density at radius 3 is 1.96 bits per heavy atom. The lowest BCUT2D eigenvalue weighted by atomic mass is 10.1. The van der Waals surface area contributed by atoms with Crippen LogP contribution in [0.4, 0.5) is 0 Å².